The minimum Gasteiger partial charge on any atom is -0.381 e. The van der Waals surface area contributed by atoms with Crippen molar-refractivity contribution < 1.29 is 4.74 Å². The van der Waals surface area contributed by atoms with E-state index in [2.05, 4.69) is 24.1 Å². The molecule has 2 saturated heterocycles. The monoisotopic (exact) mass is 319 g/mol. The smallest absolute Gasteiger partial charge is 0.0515 e. The molecular weight excluding hydrogens is 294 g/mol. The van der Waals surface area contributed by atoms with Gasteiger partial charge >= 0.3 is 0 Å². The molecule has 2 aliphatic heterocycles. The first-order chi connectivity index (χ1) is 10.7. The molecule has 0 amide bonds. The molecule has 0 spiro atoms. The van der Waals surface area contributed by atoms with Crippen molar-refractivity contribution in [2.24, 2.45) is 11.8 Å². The zero-order valence-corrected chi connectivity index (χ0v) is 14.1. The highest BCUT2D eigenvalue weighted by Crippen LogP contribution is 2.46. The Kier molecular flexibility index (Phi) is 4.19. The standard InChI is InChI=1S/C19H26ClNO/c1-21-16-8-9-19(21)18(12-22-11-13-2-3-13)17(10-16)14-4-6-15(20)7-5-14/h4-7,13,16-19H,2-3,8-12H2,1H3/t16-,17+,18-,19+/m1/s1. The van der Waals surface area contributed by atoms with Crippen LogP contribution in [0.2, 0.25) is 5.02 Å². The molecule has 0 radical (unpaired) electrons. The lowest BCUT2D eigenvalue weighted by Gasteiger charge is -2.43. The lowest BCUT2D eigenvalue weighted by atomic mass is 9.76. The third-order valence-corrected chi connectivity index (χ3v) is 6.34. The molecule has 1 saturated carbocycles. The van der Waals surface area contributed by atoms with Crippen LogP contribution in [0.1, 0.15) is 43.6 Å². The molecule has 2 bridgehead atoms. The van der Waals surface area contributed by atoms with Crippen LogP contribution in [0.5, 0.6) is 0 Å². The summed E-state index contributed by atoms with van der Waals surface area (Å²) in [5.41, 5.74) is 1.45. The lowest BCUT2D eigenvalue weighted by molar-refractivity contribution is 0.0176. The molecular formula is C19H26ClNO. The van der Waals surface area contributed by atoms with Crippen LogP contribution >= 0.6 is 11.6 Å². The van der Waals surface area contributed by atoms with Crippen LogP contribution in [0.4, 0.5) is 0 Å². The second-order valence-corrected chi connectivity index (χ2v) is 7.94. The van der Waals surface area contributed by atoms with Crippen molar-refractivity contribution in [3.63, 3.8) is 0 Å². The maximum absolute atomic E-state index is 6.12. The van der Waals surface area contributed by atoms with E-state index in [0.717, 1.165) is 30.2 Å². The lowest BCUT2D eigenvalue weighted by Crippen LogP contribution is -2.47. The van der Waals surface area contributed by atoms with Crippen LogP contribution in [0, 0.1) is 11.8 Å². The topological polar surface area (TPSA) is 12.5 Å². The Bertz CT molecular complexity index is 513. The molecule has 22 heavy (non-hydrogen) atoms. The second-order valence-electron chi connectivity index (χ2n) is 7.50. The average molecular weight is 320 g/mol. The predicted octanol–water partition coefficient (Wildman–Crippen LogP) is 4.33. The van der Waals surface area contributed by atoms with Crippen LogP contribution in [0.3, 0.4) is 0 Å². The molecule has 3 heteroatoms. The highest BCUT2D eigenvalue weighted by molar-refractivity contribution is 6.30. The Hall–Kier alpha value is -0.570. The third-order valence-electron chi connectivity index (χ3n) is 6.09. The van der Waals surface area contributed by atoms with Gasteiger partial charge in [-0.15, -0.1) is 0 Å². The molecule has 0 unspecified atom stereocenters. The highest BCUT2D eigenvalue weighted by Gasteiger charge is 2.45. The van der Waals surface area contributed by atoms with E-state index in [1.165, 1.54) is 37.7 Å². The maximum atomic E-state index is 6.12. The summed E-state index contributed by atoms with van der Waals surface area (Å²) >= 11 is 6.07. The van der Waals surface area contributed by atoms with E-state index in [0.29, 0.717) is 17.9 Å². The van der Waals surface area contributed by atoms with Gasteiger partial charge in [0.2, 0.25) is 0 Å². The summed E-state index contributed by atoms with van der Waals surface area (Å²) in [5.74, 6) is 2.11. The van der Waals surface area contributed by atoms with E-state index < -0.39 is 0 Å². The maximum Gasteiger partial charge on any atom is 0.0515 e. The molecule has 3 aliphatic rings. The van der Waals surface area contributed by atoms with E-state index in [1.54, 1.807) is 0 Å². The minimum atomic E-state index is 0.628. The number of benzene rings is 1. The quantitative estimate of drug-likeness (QED) is 0.801. The average Bonchev–Trinajstić information content (AvgIpc) is 3.29. The first kappa shape index (κ1) is 15.0. The Balaban J connectivity index is 1.52. The van der Waals surface area contributed by atoms with Gasteiger partial charge in [-0.1, -0.05) is 23.7 Å². The number of ether oxygens (including phenoxy) is 1. The van der Waals surface area contributed by atoms with Gasteiger partial charge in [0.1, 0.15) is 0 Å². The molecule has 3 fully saturated rings. The summed E-state index contributed by atoms with van der Waals surface area (Å²) in [4.78, 5) is 2.62. The minimum absolute atomic E-state index is 0.628. The van der Waals surface area contributed by atoms with Gasteiger partial charge in [-0.05, 0) is 68.7 Å². The van der Waals surface area contributed by atoms with Crippen molar-refractivity contribution in [2.45, 2.75) is 50.1 Å². The van der Waals surface area contributed by atoms with Gasteiger partial charge in [0.25, 0.3) is 0 Å². The molecule has 1 aromatic rings. The SMILES string of the molecule is CN1[C@@H]2CC[C@H]1[C@H](COCC1CC1)[C@H](c1ccc(Cl)cc1)C2. The van der Waals surface area contributed by atoms with Crippen molar-refractivity contribution in [3.8, 4) is 0 Å². The van der Waals surface area contributed by atoms with Crippen LogP contribution in [0.15, 0.2) is 24.3 Å². The van der Waals surface area contributed by atoms with E-state index >= 15 is 0 Å². The Morgan fingerprint density at radius 1 is 1.09 bits per heavy atom. The summed E-state index contributed by atoms with van der Waals surface area (Å²) < 4.78 is 6.12. The highest BCUT2D eigenvalue weighted by atomic mass is 35.5. The molecule has 0 aromatic heterocycles. The summed E-state index contributed by atoms with van der Waals surface area (Å²) in [6, 6.07) is 9.99. The van der Waals surface area contributed by atoms with Crippen molar-refractivity contribution in [1.29, 1.82) is 0 Å². The third kappa shape index (κ3) is 2.93. The summed E-state index contributed by atoms with van der Waals surface area (Å²) in [6.45, 7) is 1.90. The number of nitrogens with zero attached hydrogens (tertiary/aromatic N) is 1. The number of hydrogen-bond acceptors (Lipinski definition) is 2. The molecule has 0 N–H and O–H groups in total. The molecule has 2 heterocycles. The Labute approximate surface area is 138 Å². The fraction of sp³-hybridized carbons (Fsp3) is 0.684. The number of rotatable bonds is 5. The summed E-state index contributed by atoms with van der Waals surface area (Å²) in [7, 11) is 2.31. The van der Waals surface area contributed by atoms with Gasteiger partial charge < -0.3 is 9.64 Å². The first-order valence-electron chi connectivity index (χ1n) is 8.77. The molecule has 1 aliphatic carbocycles. The van der Waals surface area contributed by atoms with E-state index in [9.17, 15) is 0 Å². The van der Waals surface area contributed by atoms with E-state index in [-0.39, 0.29) is 0 Å². The number of hydrogen-bond donors (Lipinski definition) is 0. The molecule has 2 nitrogen and oxygen atoms in total. The van der Waals surface area contributed by atoms with Gasteiger partial charge in [-0.3, -0.25) is 0 Å². The van der Waals surface area contributed by atoms with Crippen LogP contribution in [-0.4, -0.2) is 37.2 Å². The molecule has 4 rings (SSSR count). The first-order valence-corrected chi connectivity index (χ1v) is 9.15. The number of fused-ring (bicyclic) bond motifs is 2. The molecule has 1 aromatic carbocycles. The molecule has 120 valence electrons. The van der Waals surface area contributed by atoms with Gasteiger partial charge in [0.15, 0.2) is 0 Å². The second kappa shape index (κ2) is 6.14. The van der Waals surface area contributed by atoms with Crippen molar-refractivity contribution in [2.75, 3.05) is 20.3 Å². The fourth-order valence-corrected chi connectivity index (χ4v) is 4.68. The van der Waals surface area contributed by atoms with Crippen LogP contribution < -0.4 is 0 Å². The van der Waals surface area contributed by atoms with Gasteiger partial charge in [-0.2, -0.15) is 0 Å². The van der Waals surface area contributed by atoms with Crippen molar-refractivity contribution in [3.05, 3.63) is 34.9 Å². The Morgan fingerprint density at radius 3 is 2.59 bits per heavy atom. The fourth-order valence-electron chi connectivity index (χ4n) is 4.55. The zero-order chi connectivity index (χ0) is 15.1. The van der Waals surface area contributed by atoms with Gasteiger partial charge in [0, 0.05) is 29.6 Å². The number of piperidine rings is 1. The summed E-state index contributed by atoms with van der Waals surface area (Å²) in [5, 5.41) is 0.834. The van der Waals surface area contributed by atoms with E-state index in [4.69, 9.17) is 16.3 Å². The Morgan fingerprint density at radius 2 is 1.86 bits per heavy atom. The van der Waals surface area contributed by atoms with E-state index in [1.807, 2.05) is 12.1 Å². The van der Waals surface area contributed by atoms with Crippen molar-refractivity contribution in [1.82, 2.24) is 4.90 Å². The van der Waals surface area contributed by atoms with Gasteiger partial charge in [0.05, 0.1) is 6.61 Å². The van der Waals surface area contributed by atoms with Gasteiger partial charge in [-0.25, -0.2) is 0 Å². The predicted molar refractivity (Wildman–Crippen MR) is 90.4 cm³/mol. The largest absolute Gasteiger partial charge is 0.381 e. The normalized spacial score (nSPS) is 35.0. The number of halogens is 1. The van der Waals surface area contributed by atoms with Crippen LogP contribution in [-0.2, 0) is 4.74 Å². The summed E-state index contributed by atoms with van der Waals surface area (Å²) in [6.07, 6.45) is 6.70. The molecule has 4 atom stereocenters. The van der Waals surface area contributed by atoms with Crippen molar-refractivity contribution >= 4 is 11.6 Å². The zero-order valence-electron chi connectivity index (χ0n) is 13.4. The van der Waals surface area contributed by atoms with Crippen LogP contribution in [0.25, 0.3) is 0 Å².